The number of nitrogens with zero attached hydrogens (tertiary/aromatic N) is 1. The lowest BCUT2D eigenvalue weighted by Crippen LogP contribution is -2.05. The second-order valence-corrected chi connectivity index (χ2v) is 4.69. The van der Waals surface area contributed by atoms with Crippen LogP contribution in [0.1, 0.15) is 11.3 Å². The van der Waals surface area contributed by atoms with E-state index in [-0.39, 0.29) is 5.88 Å². The van der Waals surface area contributed by atoms with Crippen LogP contribution in [0, 0.1) is 6.92 Å². The minimum Gasteiger partial charge on any atom is -0.439 e. The fourth-order valence-electron chi connectivity index (χ4n) is 2.05. The molecular formula is C15H11F3N2O. The molecule has 0 saturated carbocycles. The minimum absolute atomic E-state index is 0.120. The highest BCUT2D eigenvalue weighted by Gasteiger charge is 2.30. The number of hydrogen-bond donors (Lipinski definition) is 1. The second kappa shape index (κ2) is 4.80. The van der Waals surface area contributed by atoms with E-state index < -0.39 is 11.7 Å². The molecule has 1 N–H and O–H groups in total. The average molecular weight is 292 g/mol. The molecule has 6 heteroatoms. The van der Waals surface area contributed by atoms with E-state index in [2.05, 4.69) is 9.97 Å². The van der Waals surface area contributed by atoms with Crippen molar-refractivity contribution >= 4 is 10.9 Å². The summed E-state index contributed by atoms with van der Waals surface area (Å²) in [5, 5.41) is 0.969. The van der Waals surface area contributed by atoms with E-state index in [0.29, 0.717) is 5.75 Å². The van der Waals surface area contributed by atoms with Crippen LogP contribution in [0.15, 0.2) is 42.6 Å². The molecular weight excluding hydrogens is 281 g/mol. The van der Waals surface area contributed by atoms with Crippen LogP contribution in [0.25, 0.3) is 10.9 Å². The quantitative estimate of drug-likeness (QED) is 0.744. The number of aromatic nitrogens is 2. The molecule has 0 bridgehead atoms. The summed E-state index contributed by atoms with van der Waals surface area (Å²) in [5.41, 5.74) is 1.20. The topological polar surface area (TPSA) is 37.9 Å². The van der Waals surface area contributed by atoms with Crippen molar-refractivity contribution in [3.63, 3.8) is 0 Å². The van der Waals surface area contributed by atoms with Crippen LogP contribution >= 0.6 is 0 Å². The van der Waals surface area contributed by atoms with Gasteiger partial charge >= 0.3 is 6.18 Å². The summed E-state index contributed by atoms with van der Waals surface area (Å²) < 4.78 is 42.8. The largest absolute Gasteiger partial charge is 0.439 e. The van der Waals surface area contributed by atoms with Gasteiger partial charge in [0.2, 0.25) is 5.88 Å². The van der Waals surface area contributed by atoms with Gasteiger partial charge in [-0.15, -0.1) is 0 Å². The highest BCUT2D eigenvalue weighted by atomic mass is 19.4. The number of benzene rings is 1. The molecule has 3 aromatic rings. The van der Waals surface area contributed by atoms with Gasteiger partial charge in [-0.25, -0.2) is 4.98 Å². The molecule has 21 heavy (non-hydrogen) atoms. The summed E-state index contributed by atoms with van der Waals surface area (Å²) in [7, 11) is 0. The van der Waals surface area contributed by atoms with Gasteiger partial charge in [0.15, 0.2) is 0 Å². The van der Waals surface area contributed by atoms with Crippen molar-refractivity contribution in [2.24, 2.45) is 0 Å². The molecule has 0 atom stereocenters. The van der Waals surface area contributed by atoms with E-state index in [1.165, 1.54) is 6.07 Å². The highest BCUT2D eigenvalue weighted by Crippen LogP contribution is 2.30. The van der Waals surface area contributed by atoms with Crippen molar-refractivity contribution in [2.45, 2.75) is 13.1 Å². The van der Waals surface area contributed by atoms with Crippen molar-refractivity contribution in [2.75, 3.05) is 0 Å². The van der Waals surface area contributed by atoms with Gasteiger partial charge in [0.1, 0.15) is 5.75 Å². The first-order chi connectivity index (χ1) is 9.91. The number of pyridine rings is 1. The molecule has 108 valence electrons. The smallest absolute Gasteiger partial charge is 0.417 e. The van der Waals surface area contributed by atoms with Crippen LogP contribution in [0.2, 0.25) is 0 Å². The van der Waals surface area contributed by atoms with E-state index in [0.717, 1.165) is 28.9 Å². The molecule has 0 radical (unpaired) electrons. The molecule has 1 aromatic carbocycles. The summed E-state index contributed by atoms with van der Waals surface area (Å²) in [6.45, 7) is 1.94. The molecule has 0 amide bonds. The Kier molecular flexibility index (Phi) is 3.08. The maximum atomic E-state index is 12.4. The van der Waals surface area contributed by atoms with Crippen molar-refractivity contribution < 1.29 is 17.9 Å². The van der Waals surface area contributed by atoms with Gasteiger partial charge in [-0.1, -0.05) is 0 Å². The Morgan fingerprint density at radius 3 is 2.57 bits per heavy atom. The van der Waals surface area contributed by atoms with Crippen LogP contribution < -0.4 is 4.74 Å². The van der Waals surface area contributed by atoms with Crippen LogP contribution in [-0.2, 0) is 6.18 Å². The maximum absolute atomic E-state index is 12.4. The zero-order valence-corrected chi connectivity index (χ0v) is 11.0. The van der Waals surface area contributed by atoms with E-state index in [1.54, 1.807) is 12.1 Å². The van der Waals surface area contributed by atoms with Crippen LogP contribution in [-0.4, -0.2) is 9.97 Å². The number of H-pyrrole nitrogens is 1. The molecule has 2 aromatic heterocycles. The van der Waals surface area contributed by atoms with Gasteiger partial charge in [0.25, 0.3) is 0 Å². The molecule has 0 fully saturated rings. The first-order valence-corrected chi connectivity index (χ1v) is 6.22. The molecule has 0 spiro atoms. The van der Waals surface area contributed by atoms with Crippen LogP contribution in [0.3, 0.4) is 0 Å². The van der Waals surface area contributed by atoms with Gasteiger partial charge < -0.3 is 9.72 Å². The van der Waals surface area contributed by atoms with Gasteiger partial charge in [-0.2, -0.15) is 13.2 Å². The van der Waals surface area contributed by atoms with Gasteiger partial charge in [0, 0.05) is 28.9 Å². The average Bonchev–Trinajstić information content (AvgIpc) is 2.78. The number of nitrogens with one attached hydrogen (secondary N) is 1. The zero-order valence-electron chi connectivity index (χ0n) is 11.0. The third kappa shape index (κ3) is 2.84. The minimum atomic E-state index is -4.40. The molecule has 3 rings (SSSR count). The normalized spacial score (nSPS) is 11.8. The van der Waals surface area contributed by atoms with Crippen molar-refractivity contribution in [3.05, 3.63) is 53.9 Å². The predicted octanol–water partition coefficient (Wildman–Crippen LogP) is 4.68. The number of alkyl halides is 3. The Hall–Kier alpha value is -2.50. The second-order valence-electron chi connectivity index (χ2n) is 4.69. The fourth-order valence-corrected chi connectivity index (χ4v) is 2.05. The number of ether oxygens (including phenoxy) is 1. The molecule has 0 unspecified atom stereocenters. The van der Waals surface area contributed by atoms with E-state index in [9.17, 15) is 13.2 Å². The number of aryl methyl sites for hydroxylation is 1. The maximum Gasteiger partial charge on any atom is 0.417 e. The number of hydrogen-bond acceptors (Lipinski definition) is 2. The third-order valence-electron chi connectivity index (χ3n) is 3.01. The fraction of sp³-hybridized carbons (Fsp3) is 0.133. The van der Waals surface area contributed by atoms with E-state index in [4.69, 9.17) is 4.74 Å². The monoisotopic (exact) mass is 292 g/mol. The van der Waals surface area contributed by atoms with Gasteiger partial charge in [-0.05, 0) is 37.3 Å². The summed E-state index contributed by atoms with van der Waals surface area (Å²) in [6.07, 6.45) is -3.64. The van der Waals surface area contributed by atoms with E-state index >= 15 is 0 Å². The first kappa shape index (κ1) is 13.5. The Bertz CT molecular complexity index is 776. The summed E-state index contributed by atoms with van der Waals surface area (Å²) in [4.78, 5) is 6.85. The number of halogens is 3. The highest BCUT2D eigenvalue weighted by molar-refractivity contribution is 5.81. The standard InChI is InChI=1S/C15H11F3N2O/c1-9-6-10-7-12(3-4-13(10)20-9)21-14-5-2-11(8-19-14)15(16,17)18/h2-8,20H,1H3. The Morgan fingerprint density at radius 1 is 1.10 bits per heavy atom. The molecule has 0 aliphatic carbocycles. The Balaban J connectivity index is 1.84. The number of rotatable bonds is 2. The number of fused-ring (bicyclic) bond motifs is 1. The third-order valence-corrected chi connectivity index (χ3v) is 3.01. The molecule has 0 saturated heterocycles. The molecule has 2 heterocycles. The lowest BCUT2D eigenvalue weighted by Gasteiger charge is -2.08. The predicted molar refractivity (Wildman–Crippen MR) is 72.3 cm³/mol. The van der Waals surface area contributed by atoms with Gasteiger partial charge in [-0.3, -0.25) is 0 Å². The molecule has 0 aliphatic heterocycles. The molecule has 0 aliphatic rings. The Labute approximate surface area is 118 Å². The lowest BCUT2D eigenvalue weighted by atomic mass is 10.2. The first-order valence-electron chi connectivity index (χ1n) is 6.22. The molecule has 3 nitrogen and oxygen atoms in total. The van der Waals surface area contributed by atoms with Crippen molar-refractivity contribution in [3.8, 4) is 11.6 Å². The van der Waals surface area contributed by atoms with Crippen molar-refractivity contribution in [1.29, 1.82) is 0 Å². The lowest BCUT2D eigenvalue weighted by molar-refractivity contribution is -0.137. The summed E-state index contributed by atoms with van der Waals surface area (Å²) in [5.74, 6) is 0.642. The van der Waals surface area contributed by atoms with Gasteiger partial charge in [0.05, 0.1) is 5.56 Å². The zero-order chi connectivity index (χ0) is 15.0. The number of aromatic amines is 1. The van der Waals surface area contributed by atoms with Crippen LogP contribution in [0.4, 0.5) is 13.2 Å². The summed E-state index contributed by atoms with van der Waals surface area (Å²) >= 11 is 0. The van der Waals surface area contributed by atoms with Crippen LogP contribution in [0.5, 0.6) is 11.6 Å². The van der Waals surface area contributed by atoms with E-state index in [1.807, 2.05) is 19.1 Å². The summed E-state index contributed by atoms with van der Waals surface area (Å²) in [6, 6.07) is 9.50. The van der Waals surface area contributed by atoms with Crippen molar-refractivity contribution in [1.82, 2.24) is 9.97 Å². The SMILES string of the molecule is Cc1cc2cc(Oc3ccc(C(F)(F)F)cn3)ccc2[nH]1. The Morgan fingerprint density at radius 2 is 1.90 bits per heavy atom.